The van der Waals surface area contributed by atoms with Gasteiger partial charge in [0, 0.05) is 30.7 Å². The summed E-state index contributed by atoms with van der Waals surface area (Å²) in [7, 11) is 0. The van der Waals surface area contributed by atoms with Crippen LogP contribution in [0.3, 0.4) is 0 Å². The van der Waals surface area contributed by atoms with Crippen molar-refractivity contribution in [1.29, 1.82) is 0 Å². The molecule has 0 radical (unpaired) electrons. The van der Waals surface area contributed by atoms with Crippen molar-refractivity contribution in [2.45, 2.75) is 26.4 Å². The van der Waals surface area contributed by atoms with Crippen molar-refractivity contribution >= 4 is 5.91 Å². The van der Waals surface area contributed by atoms with Gasteiger partial charge in [-0.25, -0.2) is 0 Å². The van der Waals surface area contributed by atoms with Gasteiger partial charge in [-0.3, -0.25) is 9.89 Å². The first-order chi connectivity index (χ1) is 8.66. The lowest BCUT2D eigenvalue weighted by Crippen LogP contribution is -2.40. The maximum Gasteiger partial charge on any atom is 0.274 e. The number of fused-ring (bicyclic) bond motifs is 1. The zero-order valence-electron chi connectivity index (χ0n) is 10.6. The van der Waals surface area contributed by atoms with Crippen molar-refractivity contribution in [1.82, 2.24) is 19.7 Å². The fraction of sp³-hybridized carbons (Fsp3) is 0.385. The van der Waals surface area contributed by atoms with E-state index in [1.54, 1.807) is 6.07 Å². The first-order valence-electron chi connectivity index (χ1n) is 6.15. The van der Waals surface area contributed by atoms with Crippen molar-refractivity contribution < 1.29 is 4.79 Å². The van der Waals surface area contributed by atoms with E-state index in [1.165, 1.54) is 5.69 Å². The molecular formula is C13H16N4O. The molecule has 0 saturated carbocycles. The van der Waals surface area contributed by atoms with Crippen LogP contribution in [0.1, 0.15) is 34.8 Å². The number of aromatic nitrogens is 3. The second-order valence-corrected chi connectivity index (χ2v) is 4.74. The van der Waals surface area contributed by atoms with Gasteiger partial charge in [-0.2, -0.15) is 5.10 Å². The Morgan fingerprint density at radius 3 is 3.06 bits per heavy atom. The van der Waals surface area contributed by atoms with Gasteiger partial charge in [-0.05, 0) is 32.0 Å². The molecule has 1 aliphatic heterocycles. The van der Waals surface area contributed by atoms with E-state index in [1.807, 2.05) is 17.9 Å². The summed E-state index contributed by atoms with van der Waals surface area (Å²) in [6.45, 7) is 5.53. The molecule has 0 bridgehead atoms. The minimum atomic E-state index is -0.000648. The Hall–Kier alpha value is -2.04. The van der Waals surface area contributed by atoms with Gasteiger partial charge < -0.3 is 9.47 Å². The number of aryl methyl sites for hydroxylation is 1. The molecule has 2 aromatic heterocycles. The zero-order valence-corrected chi connectivity index (χ0v) is 10.6. The second-order valence-electron chi connectivity index (χ2n) is 4.74. The molecule has 5 heteroatoms. The van der Waals surface area contributed by atoms with Crippen molar-refractivity contribution in [3.63, 3.8) is 0 Å². The van der Waals surface area contributed by atoms with Gasteiger partial charge in [-0.15, -0.1) is 0 Å². The molecule has 1 atom stereocenters. The number of hydrogen-bond acceptors (Lipinski definition) is 2. The number of nitrogens with zero attached hydrogens (tertiary/aromatic N) is 3. The molecule has 0 unspecified atom stereocenters. The summed E-state index contributed by atoms with van der Waals surface area (Å²) < 4.78 is 2.20. The van der Waals surface area contributed by atoms with E-state index in [0.717, 1.165) is 18.8 Å². The molecule has 18 heavy (non-hydrogen) atoms. The van der Waals surface area contributed by atoms with Crippen LogP contribution in [0, 0.1) is 6.92 Å². The van der Waals surface area contributed by atoms with Gasteiger partial charge >= 0.3 is 0 Å². The van der Waals surface area contributed by atoms with Gasteiger partial charge in [0.2, 0.25) is 0 Å². The van der Waals surface area contributed by atoms with E-state index in [-0.39, 0.29) is 11.9 Å². The van der Waals surface area contributed by atoms with Crippen LogP contribution in [0.15, 0.2) is 24.4 Å². The van der Waals surface area contributed by atoms with Gasteiger partial charge in [0.25, 0.3) is 5.91 Å². The Labute approximate surface area is 105 Å². The van der Waals surface area contributed by atoms with Crippen molar-refractivity contribution in [3.05, 3.63) is 41.5 Å². The third kappa shape index (κ3) is 1.63. The Bertz CT molecular complexity index is 583. The van der Waals surface area contributed by atoms with Crippen LogP contribution in [0.4, 0.5) is 0 Å². The number of nitrogens with one attached hydrogen (secondary N) is 1. The molecule has 2 aromatic rings. The zero-order chi connectivity index (χ0) is 12.7. The Morgan fingerprint density at radius 2 is 2.33 bits per heavy atom. The smallest absolute Gasteiger partial charge is 0.274 e. The molecule has 3 rings (SSSR count). The number of hydrogen-bond donors (Lipinski definition) is 1. The highest BCUT2D eigenvalue weighted by Crippen LogP contribution is 2.26. The van der Waals surface area contributed by atoms with Gasteiger partial charge in [-0.1, -0.05) is 0 Å². The molecule has 0 saturated heterocycles. The first-order valence-corrected chi connectivity index (χ1v) is 6.15. The fourth-order valence-corrected chi connectivity index (χ4v) is 2.53. The summed E-state index contributed by atoms with van der Waals surface area (Å²) in [4.78, 5) is 14.3. The summed E-state index contributed by atoms with van der Waals surface area (Å²) in [5.74, 6) is -0.000648. The van der Waals surface area contributed by atoms with Crippen molar-refractivity contribution in [2.24, 2.45) is 0 Å². The first kappa shape index (κ1) is 11.1. The number of H-pyrrole nitrogens is 1. The average Bonchev–Trinajstić information content (AvgIpc) is 2.97. The summed E-state index contributed by atoms with van der Waals surface area (Å²) in [5.41, 5.74) is 2.59. The summed E-state index contributed by atoms with van der Waals surface area (Å²) in [6, 6.07) is 5.99. The quantitative estimate of drug-likeness (QED) is 0.830. The number of carbonyl (C=O) groups is 1. The second kappa shape index (κ2) is 4.01. The SMILES string of the molecule is Cc1cc(C(=O)N2CCn3cccc3[C@@H]2C)n[nH]1. The van der Waals surface area contributed by atoms with Crippen LogP contribution in [0.2, 0.25) is 0 Å². The molecule has 0 spiro atoms. The maximum atomic E-state index is 12.4. The maximum absolute atomic E-state index is 12.4. The highest BCUT2D eigenvalue weighted by atomic mass is 16.2. The van der Waals surface area contributed by atoms with Crippen LogP contribution in [0.5, 0.6) is 0 Å². The van der Waals surface area contributed by atoms with Crippen molar-refractivity contribution in [2.75, 3.05) is 6.54 Å². The largest absolute Gasteiger partial charge is 0.348 e. The topological polar surface area (TPSA) is 53.9 Å². The summed E-state index contributed by atoms with van der Waals surface area (Å²) in [5, 5.41) is 6.86. The van der Waals surface area contributed by atoms with Crippen LogP contribution in [-0.2, 0) is 6.54 Å². The van der Waals surface area contributed by atoms with Crippen LogP contribution in [0.25, 0.3) is 0 Å². The lowest BCUT2D eigenvalue weighted by atomic mass is 10.1. The molecule has 1 N–H and O–H groups in total. The Kier molecular flexibility index (Phi) is 2.47. The molecule has 0 aliphatic carbocycles. The normalized spacial score (nSPS) is 18.8. The molecule has 1 aliphatic rings. The highest BCUT2D eigenvalue weighted by molar-refractivity contribution is 5.92. The lowest BCUT2D eigenvalue weighted by Gasteiger charge is -2.34. The average molecular weight is 244 g/mol. The monoisotopic (exact) mass is 244 g/mol. The number of carbonyl (C=O) groups excluding carboxylic acids is 1. The third-order valence-electron chi connectivity index (χ3n) is 3.53. The van der Waals surface area contributed by atoms with Crippen LogP contribution >= 0.6 is 0 Å². The van der Waals surface area contributed by atoms with E-state index in [0.29, 0.717) is 5.69 Å². The lowest BCUT2D eigenvalue weighted by molar-refractivity contribution is 0.0638. The Balaban J connectivity index is 1.88. The standard InChI is InChI=1S/C13H16N4O/c1-9-8-11(15-14-9)13(18)17-7-6-16-5-3-4-12(16)10(17)2/h3-5,8,10H,6-7H2,1-2H3,(H,14,15)/t10-/m0/s1. The van der Waals surface area contributed by atoms with E-state index >= 15 is 0 Å². The van der Waals surface area contributed by atoms with Crippen LogP contribution in [-0.4, -0.2) is 32.1 Å². The predicted molar refractivity (Wildman–Crippen MR) is 67.2 cm³/mol. The molecule has 0 aromatic carbocycles. The van der Waals surface area contributed by atoms with Gasteiger partial charge in [0.15, 0.2) is 0 Å². The summed E-state index contributed by atoms with van der Waals surface area (Å²) >= 11 is 0. The van der Waals surface area contributed by atoms with Crippen LogP contribution < -0.4 is 0 Å². The van der Waals surface area contributed by atoms with E-state index < -0.39 is 0 Å². The highest BCUT2D eigenvalue weighted by Gasteiger charge is 2.29. The van der Waals surface area contributed by atoms with E-state index in [4.69, 9.17) is 0 Å². The minimum Gasteiger partial charge on any atom is -0.348 e. The molecule has 0 fully saturated rings. The van der Waals surface area contributed by atoms with E-state index in [2.05, 4.69) is 34.0 Å². The van der Waals surface area contributed by atoms with E-state index in [9.17, 15) is 4.79 Å². The molecular weight excluding hydrogens is 228 g/mol. The number of amides is 1. The molecule has 1 amide bonds. The van der Waals surface area contributed by atoms with Crippen molar-refractivity contribution in [3.8, 4) is 0 Å². The minimum absolute atomic E-state index is 0.000648. The number of aromatic amines is 1. The third-order valence-corrected chi connectivity index (χ3v) is 3.53. The number of rotatable bonds is 1. The molecule has 94 valence electrons. The molecule has 3 heterocycles. The summed E-state index contributed by atoms with van der Waals surface area (Å²) in [6.07, 6.45) is 2.06. The fourth-order valence-electron chi connectivity index (χ4n) is 2.53. The predicted octanol–water partition coefficient (Wildman–Crippen LogP) is 1.74. The van der Waals surface area contributed by atoms with Gasteiger partial charge in [0.1, 0.15) is 5.69 Å². The van der Waals surface area contributed by atoms with Gasteiger partial charge in [0.05, 0.1) is 6.04 Å². The molecule has 5 nitrogen and oxygen atoms in total. The Morgan fingerprint density at radius 1 is 1.50 bits per heavy atom.